The zero-order valence-electron chi connectivity index (χ0n) is 10.5. The third-order valence-electron chi connectivity index (χ3n) is 2.84. The van der Waals surface area contributed by atoms with Crippen LogP contribution in [0.5, 0.6) is 5.75 Å². The first-order valence-corrected chi connectivity index (χ1v) is 6.47. The molecule has 0 aromatic heterocycles. The minimum Gasteiger partial charge on any atom is -0.489 e. The zero-order valence-corrected chi connectivity index (χ0v) is 11.2. The molecule has 20 heavy (non-hydrogen) atoms. The highest BCUT2D eigenvalue weighted by atomic mass is 35.5. The second kappa shape index (κ2) is 6.18. The molecule has 0 bridgehead atoms. The van der Waals surface area contributed by atoms with Gasteiger partial charge in [-0.2, -0.15) is 13.2 Å². The predicted molar refractivity (Wildman–Crippen MR) is 71.8 cm³/mol. The summed E-state index contributed by atoms with van der Waals surface area (Å²) in [5, 5.41) is 0. The molecule has 0 aliphatic carbocycles. The number of ether oxygens (including phenoxy) is 1. The van der Waals surface area contributed by atoms with Crippen LogP contribution in [-0.2, 0) is 18.7 Å². The fourth-order valence-electron chi connectivity index (χ4n) is 1.73. The van der Waals surface area contributed by atoms with E-state index in [1.165, 1.54) is 12.1 Å². The molecule has 106 valence electrons. The highest BCUT2D eigenvalue weighted by Gasteiger charge is 2.29. The minimum atomic E-state index is -4.33. The molecule has 0 fully saturated rings. The average Bonchev–Trinajstić information content (AvgIpc) is 2.45. The molecule has 2 rings (SSSR count). The third-order valence-corrected chi connectivity index (χ3v) is 3.13. The van der Waals surface area contributed by atoms with Crippen LogP contribution in [0.1, 0.15) is 16.7 Å². The number of alkyl halides is 4. The van der Waals surface area contributed by atoms with Gasteiger partial charge in [-0.3, -0.25) is 0 Å². The molecule has 5 heteroatoms. The summed E-state index contributed by atoms with van der Waals surface area (Å²) >= 11 is 5.80. The smallest absolute Gasteiger partial charge is 0.416 e. The molecule has 0 amide bonds. The van der Waals surface area contributed by atoms with Gasteiger partial charge in [0.15, 0.2) is 0 Å². The topological polar surface area (TPSA) is 9.23 Å². The van der Waals surface area contributed by atoms with Crippen molar-refractivity contribution in [2.24, 2.45) is 0 Å². The van der Waals surface area contributed by atoms with Crippen LogP contribution in [0.25, 0.3) is 0 Å². The molecule has 0 radical (unpaired) electrons. The number of hydrogen-bond donors (Lipinski definition) is 0. The van der Waals surface area contributed by atoms with Crippen molar-refractivity contribution < 1.29 is 17.9 Å². The molecule has 0 unspecified atom stereocenters. The molecule has 0 atom stereocenters. The molecule has 0 saturated heterocycles. The zero-order chi connectivity index (χ0) is 14.6. The van der Waals surface area contributed by atoms with E-state index >= 15 is 0 Å². The highest BCUT2D eigenvalue weighted by molar-refractivity contribution is 6.17. The largest absolute Gasteiger partial charge is 0.489 e. The lowest BCUT2D eigenvalue weighted by Crippen LogP contribution is -2.04. The molecule has 0 N–H and O–H groups in total. The number of benzene rings is 2. The van der Waals surface area contributed by atoms with Crippen LogP contribution >= 0.6 is 11.6 Å². The SMILES string of the molecule is FC(F)(F)c1ccc(OCc2ccccc2CCl)cc1. The van der Waals surface area contributed by atoms with Gasteiger partial charge < -0.3 is 4.74 Å². The Labute approximate surface area is 119 Å². The van der Waals surface area contributed by atoms with Gasteiger partial charge in [-0.25, -0.2) is 0 Å². The molecule has 0 saturated carbocycles. The first kappa shape index (κ1) is 14.7. The van der Waals surface area contributed by atoms with E-state index < -0.39 is 11.7 Å². The van der Waals surface area contributed by atoms with Crippen molar-refractivity contribution in [2.75, 3.05) is 0 Å². The van der Waals surface area contributed by atoms with Crippen LogP contribution in [0, 0.1) is 0 Å². The van der Waals surface area contributed by atoms with E-state index in [1.54, 1.807) is 0 Å². The van der Waals surface area contributed by atoms with Crippen LogP contribution in [0.3, 0.4) is 0 Å². The maximum absolute atomic E-state index is 12.4. The molecular weight excluding hydrogens is 289 g/mol. The van der Waals surface area contributed by atoms with Crippen LogP contribution in [-0.4, -0.2) is 0 Å². The number of hydrogen-bond acceptors (Lipinski definition) is 1. The van der Waals surface area contributed by atoms with Gasteiger partial charge in [0.25, 0.3) is 0 Å². The molecule has 0 heterocycles. The lowest BCUT2D eigenvalue weighted by molar-refractivity contribution is -0.137. The number of rotatable bonds is 4. The Morgan fingerprint density at radius 2 is 1.50 bits per heavy atom. The van der Waals surface area contributed by atoms with Crippen molar-refractivity contribution in [1.29, 1.82) is 0 Å². The first-order valence-electron chi connectivity index (χ1n) is 5.93. The van der Waals surface area contributed by atoms with Gasteiger partial charge in [0, 0.05) is 5.88 Å². The monoisotopic (exact) mass is 300 g/mol. The first-order chi connectivity index (χ1) is 9.50. The van der Waals surface area contributed by atoms with Crippen molar-refractivity contribution in [3.05, 3.63) is 65.2 Å². The second-order valence-electron chi connectivity index (χ2n) is 4.21. The fourth-order valence-corrected chi connectivity index (χ4v) is 1.99. The maximum atomic E-state index is 12.4. The molecule has 0 spiro atoms. The summed E-state index contributed by atoms with van der Waals surface area (Å²) in [6.07, 6.45) is -4.33. The van der Waals surface area contributed by atoms with E-state index in [1.807, 2.05) is 24.3 Å². The van der Waals surface area contributed by atoms with E-state index in [-0.39, 0.29) is 6.61 Å². The molecule has 0 aliphatic heterocycles. The standard InChI is InChI=1S/C15H12ClF3O/c16-9-11-3-1-2-4-12(11)10-20-14-7-5-13(6-8-14)15(17,18)19/h1-8H,9-10H2. The van der Waals surface area contributed by atoms with Crippen LogP contribution in [0.4, 0.5) is 13.2 Å². The van der Waals surface area contributed by atoms with Crippen molar-refractivity contribution in [3.63, 3.8) is 0 Å². The Bertz CT molecular complexity index is 564. The lowest BCUT2D eigenvalue weighted by atomic mass is 10.1. The minimum absolute atomic E-state index is 0.272. The van der Waals surface area contributed by atoms with Gasteiger partial charge in [0.1, 0.15) is 12.4 Å². The lowest BCUT2D eigenvalue weighted by Gasteiger charge is -2.11. The van der Waals surface area contributed by atoms with Gasteiger partial charge >= 0.3 is 6.18 Å². The summed E-state index contributed by atoms with van der Waals surface area (Å²) in [7, 11) is 0. The second-order valence-corrected chi connectivity index (χ2v) is 4.48. The quantitative estimate of drug-likeness (QED) is 0.720. The maximum Gasteiger partial charge on any atom is 0.416 e. The summed E-state index contributed by atoms with van der Waals surface area (Å²) in [4.78, 5) is 0. The molecule has 2 aromatic rings. The molecular formula is C15H12ClF3O. The highest BCUT2D eigenvalue weighted by Crippen LogP contribution is 2.30. The van der Waals surface area contributed by atoms with Gasteiger partial charge in [-0.05, 0) is 35.4 Å². The molecule has 2 aromatic carbocycles. The van der Waals surface area contributed by atoms with E-state index in [9.17, 15) is 13.2 Å². The summed E-state index contributed by atoms with van der Waals surface area (Å²) < 4.78 is 42.7. The molecule has 0 aliphatic rings. The third kappa shape index (κ3) is 3.67. The molecule has 1 nitrogen and oxygen atoms in total. The van der Waals surface area contributed by atoms with Crippen molar-refractivity contribution in [1.82, 2.24) is 0 Å². The van der Waals surface area contributed by atoms with Gasteiger partial charge in [0.2, 0.25) is 0 Å². The van der Waals surface area contributed by atoms with E-state index in [4.69, 9.17) is 16.3 Å². The Morgan fingerprint density at radius 1 is 0.900 bits per heavy atom. The van der Waals surface area contributed by atoms with Gasteiger partial charge in [0.05, 0.1) is 5.56 Å². The Morgan fingerprint density at radius 3 is 2.05 bits per heavy atom. The normalized spacial score (nSPS) is 11.4. The number of halogens is 4. The Kier molecular flexibility index (Phi) is 4.55. The Balaban J connectivity index is 2.04. The van der Waals surface area contributed by atoms with Crippen molar-refractivity contribution in [2.45, 2.75) is 18.7 Å². The fraction of sp³-hybridized carbons (Fsp3) is 0.200. The van der Waals surface area contributed by atoms with Crippen molar-refractivity contribution in [3.8, 4) is 5.75 Å². The predicted octanol–water partition coefficient (Wildman–Crippen LogP) is 5.02. The summed E-state index contributed by atoms with van der Waals surface area (Å²) in [5.41, 5.74) is 1.18. The van der Waals surface area contributed by atoms with Crippen LogP contribution in [0.2, 0.25) is 0 Å². The summed E-state index contributed by atoms with van der Waals surface area (Å²) in [5.74, 6) is 0.759. The average molecular weight is 301 g/mol. The van der Waals surface area contributed by atoms with Gasteiger partial charge in [-0.15, -0.1) is 11.6 Å². The van der Waals surface area contributed by atoms with Crippen LogP contribution in [0.15, 0.2) is 48.5 Å². The van der Waals surface area contributed by atoms with Crippen LogP contribution < -0.4 is 4.74 Å². The van der Waals surface area contributed by atoms with E-state index in [2.05, 4.69) is 0 Å². The summed E-state index contributed by atoms with van der Waals surface area (Å²) in [6.45, 7) is 0.272. The van der Waals surface area contributed by atoms with Crippen molar-refractivity contribution >= 4 is 11.6 Å². The van der Waals surface area contributed by atoms with E-state index in [0.29, 0.717) is 11.6 Å². The Hall–Kier alpha value is -1.68. The van der Waals surface area contributed by atoms with E-state index in [0.717, 1.165) is 23.3 Å². The van der Waals surface area contributed by atoms with Gasteiger partial charge in [-0.1, -0.05) is 24.3 Å². The summed E-state index contributed by atoms with van der Waals surface area (Å²) in [6, 6.07) is 12.1.